The van der Waals surface area contributed by atoms with Gasteiger partial charge >= 0.3 is 0 Å². The first kappa shape index (κ1) is 30.8. The summed E-state index contributed by atoms with van der Waals surface area (Å²) in [6, 6.07) is 21.2. The highest BCUT2D eigenvalue weighted by Gasteiger charge is 2.33. The largest absolute Gasteiger partial charge is 0.352 e. The second kappa shape index (κ2) is 13.6. The number of hydrogen-bond donors (Lipinski definition) is 1. The highest BCUT2D eigenvalue weighted by molar-refractivity contribution is 7.92. The normalized spacial score (nSPS) is 12.1. The summed E-state index contributed by atoms with van der Waals surface area (Å²) in [7, 11) is -3.95. The van der Waals surface area contributed by atoms with Gasteiger partial charge in [-0.25, -0.2) is 8.42 Å². The third kappa shape index (κ3) is 8.40. The van der Waals surface area contributed by atoms with Crippen LogP contribution in [-0.2, 0) is 32.6 Å². The lowest BCUT2D eigenvalue weighted by Gasteiger charge is -2.34. The zero-order chi connectivity index (χ0) is 29.4. The molecule has 0 spiro atoms. The van der Waals surface area contributed by atoms with E-state index in [1.54, 1.807) is 36.4 Å². The summed E-state index contributed by atoms with van der Waals surface area (Å²) in [6.07, 6.45) is 1.19. The molecule has 0 aliphatic heterocycles. The number of benzene rings is 3. The fraction of sp³-hybridized carbons (Fsp3) is 0.300. The zero-order valence-corrected chi connectivity index (χ0v) is 24.6. The highest BCUT2D eigenvalue weighted by atomic mass is 35.5. The monoisotopic (exact) mass is 583 g/mol. The Balaban J connectivity index is 2.08. The van der Waals surface area contributed by atoms with Gasteiger partial charge in [0, 0.05) is 29.6 Å². The summed E-state index contributed by atoms with van der Waals surface area (Å²) in [5.74, 6) is -1.21. The Labute approximate surface area is 241 Å². The van der Waals surface area contributed by atoms with Crippen LogP contribution < -0.4 is 9.62 Å². The maximum Gasteiger partial charge on any atom is 0.244 e. The number of Topliss-reactive ketones (excluding diaryl/α,β-unsaturated/α-hetero) is 1. The van der Waals surface area contributed by atoms with Crippen molar-refractivity contribution in [2.45, 2.75) is 45.8 Å². The van der Waals surface area contributed by atoms with Crippen molar-refractivity contribution in [2.75, 3.05) is 17.1 Å². The summed E-state index contributed by atoms with van der Waals surface area (Å²) < 4.78 is 26.7. The van der Waals surface area contributed by atoms with E-state index in [4.69, 9.17) is 11.6 Å². The molecular formula is C30H34ClN3O5S. The summed E-state index contributed by atoms with van der Waals surface area (Å²) in [5, 5.41) is 3.31. The topological polar surface area (TPSA) is 104 Å². The third-order valence-electron chi connectivity index (χ3n) is 6.22. The molecule has 0 aromatic heterocycles. The van der Waals surface area contributed by atoms with E-state index in [0.717, 1.165) is 16.1 Å². The van der Waals surface area contributed by atoms with E-state index in [0.29, 0.717) is 16.1 Å². The molecule has 10 heteroatoms. The highest BCUT2D eigenvalue weighted by Crippen LogP contribution is 2.23. The average Bonchev–Trinajstić information content (AvgIpc) is 2.89. The Morgan fingerprint density at radius 2 is 1.57 bits per heavy atom. The number of amides is 2. The molecule has 3 aromatic carbocycles. The van der Waals surface area contributed by atoms with E-state index in [1.165, 1.54) is 24.0 Å². The van der Waals surface area contributed by atoms with Crippen LogP contribution in [0.2, 0.25) is 5.02 Å². The van der Waals surface area contributed by atoms with Gasteiger partial charge in [-0.3, -0.25) is 18.7 Å². The lowest BCUT2D eigenvalue weighted by Crippen LogP contribution is -2.54. The number of carbonyl (C=O) groups excluding carboxylic acids is 3. The van der Waals surface area contributed by atoms with Crippen molar-refractivity contribution >= 4 is 44.9 Å². The van der Waals surface area contributed by atoms with Crippen molar-refractivity contribution in [1.82, 2.24) is 10.2 Å². The molecule has 3 rings (SSSR count). The molecule has 0 heterocycles. The van der Waals surface area contributed by atoms with Gasteiger partial charge in [-0.1, -0.05) is 72.3 Å². The standard InChI is InChI=1S/C30H34ClN3O5S/c1-21(2)32-30(37)28(17-23-11-6-5-7-12-23)33(19-25-13-8-9-16-27(25)31)29(36)20-34(40(4,38)39)26-15-10-14-24(18-26)22(3)35/h5-16,18,21,28H,17,19-20H2,1-4H3,(H,32,37). The van der Waals surface area contributed by atoms with Gasteiger partial charge in [0.2, 0.25) is 21.8 Å². The van der Waals surface area contributed by atoms with Crippen molar-refractivity contribution in [1.29, 1.82) is 0 Å². The van der Waals surface area contributed by atoms with Crippen LogP contribution in [0.4, 0.5) is 5.69 Å². The van der Waals surface area contributed by atoms with Crippen molar-refractivity contribution in [3.05, 3.63) is 101 Å². The first-order valence-corrected chi connectivity index (χ1v) is 15.1. The second-order valence-electron chi connectivity index (χ2n) is 9.86. The Kier molecular flexibility index (Phi) is 10.5. The minimum atomic E-state index is -3.95. The molecule has 1 atom stereocenters. The SMILES string of the molecule is CC(=O)c1cccc(N(CC(=O)N(Cc2ccccc2Cl)C(Cc2ccccc2)C(=O)NC(C)C)S(C)(=O)=O)c1. The summed E-state index contributed by atoms with van der Waals surface area (Å²) >= 11 is 6.45. The molecule has 8 nitrogen and oxygen atoms in total. The smallest absolute Gasteiger partial charge is 0.244 e. The van der Waals surface area contributed by atoms with E-state index in [2.05, 4.69) is 5.32 Å². The molecule has 0 radical (unpaired) electrons. The molecule has 0 bridgehead atoms. The first-order valence-electron chi connectivity index (χ1n) is 12.8. The van der Waals surface area contributed by atoms with E-state index in [-0.39, 0.29) is 36.4 Å². The first-order chi connectivity index (χ1) is 18.9. The van der Waals surface area contributed by atoms with Crippen molar-refractivity contribution < 1.29 is 22.8 Å². The predicted molar refractivity (Wildman–Crippen MR) is 158 cm³/mol. The minimum Gasteiger partial charge on any atom is -0.352 e. The average molecular weight is 584 g/mol. The number of sulfonamides is 1. The Morgan fingerprint density at radius 3 is 2.17 bits per heavy atom. The number of nitrogens with one attached hydrogen (secondary N) is 1. The predicted octanol–water partition coefficient (Wildman–Crippen LogP) is 4.47. The fourth-order valence-corrected chi connectivity index (χ4v) is 5.28. The third-order valence-corrected chi connectivity index (χ3v) is 7.73. The molecule has 212 valence electrons. The van der Waals surface area contributed by atoms with E-state index in [9.17, 15) is 22.8 Å². The Bertz CT molecular complexity index is 1460. The van der Waals surface area contributed by atoms with E-state index >= 15 is 0 Å². The lowest BCUT2D eigenvalue weighted by molar-refractivity contribution is -0.140. The second-order valence-corrected chi connectivity index (χ2v) is 12.2. The van der Waals surface area contributed by atoms with Crippen LogP contribution in [-0.4, -0.2) is 55.8 Å². The van der Waals surface area contributed by atoms with Gasteiger partial charge in [0.25, 0.3) is 0 Å². The van der Waals surface area contributed by atoms with Crippen LogP contribution in [0.1, 0.15) is 42.3 Å². The van der Waals surface area contributed by atoms with Gasteiger partial charge in [0.15, 0.2) is 5.78 Å². The molecular weight excluding hydrogens is 550 g/mol. The maximum atomic E-state index is 14.1. The van der Waals surface area contributed by atoms with Gasteiger partial charge in [-0.15, -0.1) is 0 Å². The number of carbonyl (C=O) groups is 3. The Morgan fingerprint density at radius 1 is 0.925 bits per heavy atom. The molecule has 0 fully saturated rings. The quantitative estimate of drug-likeness (QED) is 0.317. The van der Waals surface area contributed by atoms with Crippen molar-refractivity contribution in [3.8, 4) is 0 Å². The fourth-order valence-electron chi connectivity index (χ4n) is 4.24. The summed E-state index contributed by atoms with van der Waals surface area (Å²) in [6.45, 7) is 4.43. The Hall–Kier alpha value is -3.69. The molecule has 0 aliphatic rings. The van der Waals surface area contributed by atoms with E-state index < -0.39 is 28.5 Å². The van der Waals surface area contributed by atoms with Gasteiger partial charge in [0.1, 0.15) is 12.6 Å². The van der Waals surface area contributed by atoms with Gasteiger partial charge in [0.05, 0.1) is 11.9 Å². The van der Waals surface area contributed by atoms with Gasteiger partial charge in [-0.2, -0.15) is 0 Å². The number of anilines is 1. The molecule has 2 amide bonds. The molecule has 1 N–H and O–H groups in total. The van der Waals surface area contributed by atoms with E-state index in [1.807, 2.05) is 44.2 Å². The zero-order valence-electron chi connectivity index (χ0n) is 23.0. The number of halogens is 1. The van der Waals surface area contributed by atoms with Crippen LogP contribution in [0.3, 0.4) is 0 Å². The minimum absolute atomic E-state index is 0.0212. The van der Waals surface area contributed by atoms with Crippen molar-refractivity contribution in [3.63, 3.8) is 0 Å². The molecule has 3 aromatic rings. The number of rotatable bonds is 12. The summed E-state index contributed by atoms with van der Waals surface area (Å²) in [4.78, 5) is 40.9. The van der Waals surface area contributed by atoms with Gasteiger partial charge < -0.3 is 10.2 Å². The molecule has 1 unspecified atom stereocenters. The molecule has 0 aliphatic carbocycles. The van der Waals surface area contributed by atoms with Crippen LogP contribution >= 0.6 is 11.6 Å². The molecule has 0 saturated carbocycles. The van der Waals surface area contributed by atoms with Crippen LogP contribution in [0.25, 0.3) is 0 Å². The number of nitrogens with zero attached hydrogens (tertiary/aromatic N) is 2. The van der Waals surface area contributed by atoms with Crippen molar-refractivity contribution in [2.24, 2.45) is 0 Å². The maximum absolute atomic E-state index is 14.1. The lowest BCUT2D eigenvalue weighted by atomic mass is 10.0. The molecule has 0 saturated heterocycles. The number of hydrogen-bond acceptors (Lipinski definition) is 5. The van der Waals surface area contributed by atoms with Crippen LogP contribution in [0.15, 0.2) is 78.9 Å². The summed E-state index contributed by atoms with van der Waals surface area (Å²) in [5.41, 5.74) is 1.92. The van der Waals surface area contributed by atoms with Crippen LogP contribution in [0, 0.1) is 0 Å². The van der Waals surface area contributed by atoms with Gasteiger partial charge in [-0.05, 0) is 50.1 Å². The number of ketones is 1. The molecule has 40 heavy (non-hydrogen) atoms. The van der Waals surface area contributed by atoms with Crippen LogP contribution in [0.5, 0.6) is 0 Å².